The molecule has 1 N–H and O–H groups in total. The van der Waals surface area contributed by atoms with Crippen molar-refractivity contribution in [3.8, 4) is 5.75 Å². The van der Waals surface area contributed by atoms with Gasteiger partial charge >= 0.3 is 0 Å². The first kappa shape index (κ1) is 19.8. The minimum Gasteiger partial charge on any atom is -0.497 e. The van der Waals surface area contributed by atoms with E-state index in [1.54, 1.807) is 61.3 Å². The molecular weight excluding hydrogens is 358 g/mol. The summed E-state index contributed by atoms with van der Waals surface area (Å²) in [6, 6.07) is 10.6. The Balaban J connectivity index is 1.47. The molecule has 2 heterocycles. The Morgan fingerprint density at radius 3 is 2.36 bits per heavy atom. The van der Waals surface area contributed by atoms with Crippen LogP contribution in [0.5, 0.6) is 5.75 Å². The zero-order valence-corrected chi connectivity index (χ0v) is 16.2. The van der Waals surface area contributed by atoms with Gasteiger partial charge in [0.25, 0.3) is 5.91 Å². The molecular formula is C21H25N3O4. The Morgan fingerprint density at radius 1 is 1.11 bits per heavy atom. The van der Waals surface area contributed by atoms with E-state index in [-0.39, 0.29) is 24.2 Å². The average molecular weight is 383 g/mol. The molecule has 1 fully saturated rings. The van der Waals surface area contributed by atoms with Crippen molar-refractivity contribution in [2.75, 3.05) is 26.7 Å². The first-order valence-electron chi connectivity index (χ1n) is 9.34. The molecule has 3 rings (SSSR count). The summed E-state index contributed by atoms with van der Waals surface area (Å²) in [7, 11) is 3.35. The second kappa shape index (κ2) is 8.84. The maximum Gasteiger partial charge on any atom is 0.274 e. The number of rotatable bonds is 6. The number of Topliss-reactive ketones (excluding diaryl/α,β-unsaturated/α-hetero) is 1. The third-order valence-corrected chi connectivity index (χ3v) is 5.13. The average Bonchev–Trinajstić information content (AvgIpc) is 3.14. The van der Waals surface area contributed by atoms with Gasteiger partial charge in [0, 0.05) is 24.7 Å². The number of benzene rings is 1. The second-order valence-electron chi connectivity index (χ2n) is 7.02. The summed E-state index contributed by atoms with van der Waals surface area (Å²) in [4.78, 5) is 38.9. The minimum atomic E-state index is -0.401. The summed E-state index contributed by atoms with van der Waals surface area (Å²) in [5.74, 6) is 0.0822. The molecule has 148 valence electrons. The van der Waals surface area contributed by atoms with E-state index in [0.717, 1.165) is 5.75 Å². The van der Waals surface area contributed by atoms with Crippen molar-refractivity contribution < 1.29 is 19.1 Å². The Morgan fingerprint density at radius 2 is 1.79 bits per heavy atom. The normalized spacial score (nSPS) is 15.2. The lowest BCUT2D eigenvalue weighted by atomic mass is 9.89. The van der Waals surface area contributed by atoms with Crippen LogP contribution >= 0.6 is 0 Å². The lowest BCUT2D eigenvalue weighted by Crippen LogP contribution is -2.44. The molecule has 0 atom stereocenters. The number of nitrogens with one attached hydrogen (secondary N) is 1. The monoisotopic (exact) mass is 383 g/mol. The van der Waals surface area contributed by atoms with E-state index in [1.807, 2.05) is 4.90 Å². The number of methoxy groups -OCH3 is 1. The van der Waals surface area contributed by atoms with Crippen LogP contribution in [0.15, 0.2) is 42.6 Å². The SMILES string of the molecule is COc1ccc(C(=O)C2CCN(CC(=O)NC(=O)c3cccn3C)CC2)cc1. The molecule has 1 aromatic carbocycles. The van der Waals surface area contributed by atoms with Gasteiger partial charge in [-0.3, -0.25) is 24.6 Å². The van der Waals surface area contributed by atoms with Gasteiger partial charge in [0.1, 0.15) is 11.4 Å². The predicted octanol–water partition coefficient (Wildman–Crippen LogP) is 1.88. The van der Waals surface area contributed by atoms with E-state index in [4.69, 9.17) is 4.74 Å². The number of ketones is 1. The number of aromatic nitrogens is 1. The Hall–Kier alpha value is -2.93. The van der Waals surface area contributed by atoms with Crippen molar-refractivity contribution in [1.29, 1.82) is 0 Å². The molecule has 7 heteroatoms. The maximum absolute atomic E-state index is 12.7. The molecule has 0 unspecified atom stereocenters. The van der Waals surface area contributed by atoms with Crippen molar-refractivity contribution in [3.05, 3.63) is 53.9 Å². The van der Waals surface area contributed by atoms with Gasteiger partial charge in [0.05, 0.1) is 13.7 Å². The highest BCUT2D eigenvalue weighted by atomic mass is 16.5. The molecule has 0 aliphatic carbocycles. The zero-order chi connectivity index (χ0) is 20.1. The second-order valence-corrected chi connectivity index (χ2v) is 7.02. The zero-order valence-electron chi connectivity index (χ0n) is 16.2. The molecule has 1 aromatic heterocycles. The first-order valence-corrected chi connectivity index (χ1v) is 9.34. The highest BCUT2D eigenvalue weighted by Gasteiger charge is 2.27. The number of carbonyl (C=O) groups is 3. The highest BCUT2D eigenvalue weighted by Crippen LogP contribution is 2.23. The molecule has 1 saturated heterocycles. The molecule has 1 aliphatic heterocycles. The lowest BCUT2D eigenvalue weighted by Gasteiger charge is -2.30. The Kier molecular flexibility index (Phi) is 6.26. The fraction of sp³-hybridized carbons (Fsp3) is 0.381. The van der Waals surface area contributed by atoms with Gasteiger partial charge in [0.15, 0.2) is 5.78 Å². The smallest absolute Gasteiger partial charge is 0.274 e. The lowest BCUT2D eigenvalue weighted by molar-refractivity contribution is -0.121. The van der Waals surface area contributed by atoms with Crippen LogP contribution in [-0.4, -0.2) is 53.8 Å². The highest BCUT2D eigenvalue weighted by molar-refractivity contribution is 6.04. The van der Waals surface area contributed by atoms with E-state index in [2.05, 4.69) is 5.32 Å². The Labute approximate surface area is 164 Å². The van der Waals surface area contributed by atoms with Crippen molar-refractivity contribution >= 4 is 17.6 Å². The van der Waals surface area contributed by atoms with Gasteiger partial charge in [0.2, 0.25) is 5.91 Å². The largest absolute Gasteiger partial charge is 0.497 e. The molecule has 7 nitrogen and oxygen atoms in total. The van der Waals surface area contributed by atoms with Crippen LogP contribution in [0.2, 0.25) is 0 Å². The van der Waals surface area contributed by atoms with Gasteiger partial charge < -0.3 is 9.30 Å². The molecule has 2 amide bonds. The van der Waals surface area contributed by atoms with Crippen LogP contribution in [0.4, 0.5) is 0 Å². The van der Waals surface area contributed by atoms with Crippen LogP contribution in [0, 0.1) is 5.92 Å². The predicted molar refractivity (Wildman–Crippen MR) is 104 cm³/mol. The van der Waals surface area contributed by atoms with E-state index in [9.17, 15) is 14.4 Å². The summed E-state index contributed by atoms with van der Waals surface area (Å²) in [5, 5.41) is 2.42. The van der Waals surface area contributed by atoms with Crippen LogP contribution in [0.3, 0.4) is 0 Å². The molecule has 28 heavy (non-hydrogen) atoms. The standard InChI is InChI=1S/C21H25N3O4/c1-23-11-3-4-18(23)21(27)22-19(25)14-24-12-9-16(10-13-24)20(26)15-5-7-17(28-2)8-6-15/h3-8,11,16H,9-10,12-14H2,1-2H3,(H,22,25,27). The van der Waals surface area contributed by atoms with Crippen LogP contribution < -0.4 is 10.1 Å². The number of carbonyl (C=O) groups excluding carboxylic acids is 3. The number of piperidine rings is 1. The summed E-state index contributed by atoms with van der Waals surface area (Å²) < 4.78 is 6.79. The molecule has 2 aromatic rings. The minimum absolute atomic E-state index is 0.0438. The number of hydrogen-bond donors (Lipinski definition) is 1. The summed E-state index contributed by atoms with van der Waals surface area (Å²) in [6.45, 7) is 1.45. The molecule has 0 spiro atoms. The van der Waals surface area contributed by atoms with E-state index in [0.29, 0.717) is 37.2 Å². The third-order valence-electron chi connectivity index (χ3n) is 5.13. The Bertz CT molecular complexity index is 849. The van der Waals surface area contributed by atoms with Crippen molar-refractivity contribution in [1.82, 2.24) is 14.8 Å². The molecule has 0 bridgehead atoms. The topological polar surface area (TPSA) is 80.6 Å². The number of aryl methyl sites for hydroxylation is 1. The summed E-state index contributed by atoms with van der Waals surface area (Å²) in [6.07, 6.45) is 3.15. The van der Waals surface area contributed by atoms with Gasteiger partial charge in [-0.1, -0.05) is 0 Å². The van der Waals surface area contributed by atoms with Crippen LogP contribution in [-0.2, 0) is 11.8 Å². The van der Waals surface area contributed by atoms with Gasteiger partial charge in [-0.25, -0.2) is 0 Å². The number of likely N-dealkylation sites (tertiary alicyclic amines) is 1. The van der Waals surface area contributed by atoms with Crippen molar-refractivity contribution in [3.63, 3.8) is 0 Å². The van der Waals surface area contributed by atoms with Crippen LogP contribution in [0.1, 0.15) is 33.7 Å². The third kappa shape index (κ3) is 4.67. The number of imide groups is 1. The van der Waals surface area contributed by atoms with E-state index >= 15 is 0 Å². The molecule has 1 aliphatic rings. The van der Waals surface area contributed by atoms with Crippen molar-refractivity contribution in [2.24, 2.45) is 13.0 Å². The van der Waals surface area contributed by atoms with Gasteiger partial charge in [-0.05, 0) is 62.3 Å². The van der Waals surface area contributed by atoms with Gasteiger partial charge in [-0.15, -0.1) is 0 Å². The van der Waals surface area contributed by atoms with Crippen molar-refractivity contribution in [2.45, 2.75) is 12.8 Å². The molecule has 0 saturated carbocycles. The number of ether oxygens (including phenoxy) is 1. The number of amides is 2. The van der Waals surface area contributed by atoms with E-state index in [1.165, 1.54) is 0 Å². The quantitative estimate of drug-likeness (QED) is 0.771. The van der Waals surface area contributed by atoms with Crippen LogP contribution in [0.25, 0.3) is 0 Å². The fourth-order valence-electron chi connectivity index (χ4n) is 3.47. The molecule has 0 radical (unpaired) electrons. The maximum atomic E-state index is 12.7. The van der Waals surface area contributed by atoms with Gasteiger partial charge in [-0.2, -0.15) is 0 Å². The number of hydrogen-bond acceptors (Lipinski definition) is 5. The fourth-order valence-corrected chi connectivity index (χ4v) is 3.47. The first-order chi connectivity index (χ1) is 13.5. The summed E-state index contributed by atoms with van der Waals surface area (Å²) in [5.41, 5.74) is 1.13. The number of nitrogens with zero attached hydrogens (tertiary/aromatic N) is 2. The van der Waals surface area contributed by atoms with E-state index < -0.39 is 5.91 Å². The summed E-state index contributed by atoms with van der Waals surface area (Å²) >= 11 is 0.